The normalized spacial score (nSPS) is 14.2. The predicted molar refractivity (Wildman–Crippen MR) is 83.8 cm³/mol. The van der Waals surface area contributed by atoms with Gasteiger partial charge in [0.15, 0.2) is 0 Å². The molecule has 108 valence electrons. The van der Waals surface area contributed by atoms with Gasteiger partial charge in [-0.1, -0.05) is 25.5 Å². The Morgan fingerprint density at radius 1 is 1.45 bits per heavy atom. The van der Waals surface area contributed by atoms with Crippen LogP contribution in [0.25, 0.3) is 10.2 Å². The molecule has 1 aromatic carbocycles. The molecule has 0 fully saturated rings. The van der Waals surface area contributed by atoms with Crippen LogP contribution in [0.1, 0.15) is 31.7 Å². The lowest BCUT2D eigenvalue weighted by molar-refractivity contribution is -0.123. The molecule has 20 heavy (non-hydrogen) atoms. The minimum atomic E-state index is -0.405. The quantitative estimate of drug-likeness (QED) is 0.859. The van der Waals surface area contributed by atoms with Gasteiger partial charge in [-0.25, -0.2) is 4.98 Å². The number of hydrogen-bond donors (Lipinski definition) is 2. The van der Waals surface area contributed by atoms with Gasteiger partial charge < -0.3 is 11.1 Å². The fourth-order valence-corrected chi connectivity index (χ4v) is 3.21. The van der Waals surface area contributed by atoms with E-state index in [1.54, 1.807) is 11.3 Å². The number of nitrogens with one attached hydrogen (secondary N) is 1. The standard InChI is InChI=1S/C15H21N3OS/c1-3-6-11(16)15(19)17-10(2)9-14-18-12-7-4-5-8-13(12)20-14/h4-5,7-8,10-11H,3,6,9,16H2,1-2H3,(H,17,19). The van der Waals surface area contributed by atoms with Crippen molar-refractivity contribution < 1.29 is 4.79 Å². The van der Waals surface area contributed by atoms with E-state index in [1.165, 1.54) is 4.70 Å². The van der Waals surface area contributed by atoms with Crippen molar-refractivity contribution in [2.45, 2.75) is 45.2 Å². The van der Waals surface area contributed by atoms with E-state index in [1.807, 2.05) is 32.0 Å². The van der Waals surface area contributed by atoms with E-state index < -0.39 is 6.04 Å². The molecule has 5 heteroatoms. The average Bonchev–Trinajstić information content (AvgIpc) is 2.80. The lowest BCUT2D eigenvalue weighted by Gasteiger charge is -2.16. The second-order valence-electron chi connectivity index (χ2n) is 5.08. The van der Waals surface area contributed by atoms with E-state index in [9.17, 15) is 4.79 Å². The molecule has 2 aromatic rings. The molecular formula is C15H21N3OS. The van der Waals surface area contributed by atoms with Gasteiger partial charge in [-0.15, -0.1) is 11.3 Å². The maximum Gasteiger partial charge on any atom is 0.237 e. The van der Waals surface area contributed by atoms with Crippen LogP contribution in [-0.4, -0.2) is 23.0 Å². The van der Waals surface area contributed by atoms with Gasteiger partial charge in [-0.05, 0) is 25.5 Å². The molecule has 1 heterocycles. The van der Waals surface area contributed by atoms with E-state index in [0.29, 0.717) is 0 Å². The summed E-state index contributed by atoms with van der Waals surface area (Å²) in [6.07, 6.45) is 2.38. The monoisotopic (exact) mass is 291 g/mol. The molecule has 0 spiro atoms. The Hall–Kier alpha value is -1.46. The van der Waals surface area contributed by atoms with Gasteiger partial charge in [0.1, 0.15) is 0 Å². The van der Waals surface area contributed by atoms with Crippen LogP contribution in [0.5, 0.6) is 0 Å². The first-order valence-electron chi connectivity index (χ1n) is 7.00. The number of aromatic nitrogens is 1. The van der Waals surface area contributed by atoms with Gasteiger partial charge in [0.25, 0.3) is 0 Å². The molecule has 0 aliphatic rings. The Morgan fingerprint density at radius 3 is 2.90 bits per heavy atom. The van der Waals surface area contributed by atoms with Crippen LogP contribution in [0, 0.1) is 0 Å². The summed E-state index contributed by atoms with van der Waals surface area (Å²) >= 11 is 1.68. The third-order valence-electron chi connectivity index (χ3n) is 3.14. The Balaban J connectivity index is 1.94. The molecule has 3 N–H and O–H groups in total. The van der Waals surface area contributed by atoms with Crippen molar-refractivity contribution in [3.05, 3.63) is 29.3 Å². The number of nitrogens with zero attached hydrogens (tertiary/aromatic N) is 1. The summed E-state index contributed by atoms with van der Waals surface area (Å²) in [7, 11) is 0. The minimum absolute atomic E-state index is 0.0472. The van der Waals surface area contributed by atoms with E-state index >= 15 is 0 Å². The van der Waals surface area contributed by atoms with E-state index in [2.05, 4.69) is 16.4 Å². The highest BCUT2D eigenvalue weighted by atomic mass is 32.1. The highest BCUT2D eigenvalue weighted by molar-refractivity contribution is 7.18. The van der Waals surface area contributed by atoms with Crippen molar-refractivity contribution in [3.63, 3.8) is 0 Å². The van der Waals surface area contributed by atoms with Crippen LogP contribution in [-0.2, 0) is 11.2 Å². The number of fused-ring (bicyclic) bond motifs is 1. The number of thiazole rings is 1. The van der Waals surface area contributed by atoms with Crippen molar-refractivity contribution in [2.75, 3.05) is 0 Å². The fourth-order valence-electron chi connectivity index (χ4n) is 2.11. The SMILES string of the molecule is CCCC(N)C(=O)NC(C)Cc1nc2ccccc2s1. The summed E-state index contributed by atoms with van der Waals surface area (Å²) in [5.74, 6) is -0.0690. The van der Waals surface area contributed by atoms with Gasteiger partial charge in [-0.3, -0.25) is 4.79 Å². The smallest absolute Gasteiger partial charge is 0.237 e. The molecule has 0 saturated heterocycles. The maximum atomic E-state index is 11.9. The first kappa shape index (κ1) is 14.9. The molecule has 2 atom stereocenters. The van der Waals surface area contributed by atoms with Gasteiger partial charge in [0.05, 0.1) is 21.3 Å². The number of nitrogens with two attached hydrogens (primary N) is 1. The zero-order chi connectivity index (χ0) is 14.5. The van der Waals surface area contributed by atoms with Crippen molar-refractivity contribution in [1.29, 1.82) is 0 Å². The van der Waals surface area contributed by atoms with Gasteiger partial charge in [0, 0.05) is 12.5 Å². The molecule has 1 amide bonds. The highest BCUT2D eigenvalue weighted by Gasteiger charge is 2.16. The summed E-state index contributed by atoms with van der Waals surface area (Å²) in [4.78, 5) is 16.4. The van der Waals surface area contributed by atoms with Crippen LogP contribution < -0.4 is 11.1 Å². The van der Waals surface area contributed by atoms with Crippen LogP contribution in [0.2, 0.25) is 0 Å². The Morgan fingerprint density at radius 2 is 2.20 bits per heavy atom. The fraction of sp³-hybridized carbons (Fsp3) is 0.467. The Bertz CT molecular complexity index is 548. The van der Waals surface area contributed by atoms with Crippen LogP contribution >= 0.6 is 11.3 Å². The van der Waals surface area contributed by atoms with Crippen molar-refractivity contribution in [3.8, 4) is 0 Å². The topological polar surface area (TPSA) is 68.0 Å². The summed E-state index contributed by atoms with van der Waals surface area (Å²) in [6, 6.07) is 7.72. The van der Waals surface area contributed by atoms with Gasteiger partial charge in [0.2, 0.25) is 5.91 Å². The summed E-state index contributed by atoms with van der Waals surface area (Å²) in [6.45, 7) is 4.01. The zero-order valence-electron chi connectivity index (χ0n) is 11.9. The lowest BCUT2D eigenvalue weighted by atomic mass is 10.1. The van der Waals surface area contributed by atoms with Crippen molar-refractivity contribution in [2.24, 2.45) is 5.73 Å². The number of amides is 1. The number of benzene rings is 1. The van der Waals surface area contributed by atoms with E-state index in [-0.39, 0.29) is 11.9 Å². The highest BCUT2D eigenvalue weighted by Crippen LogP contribution is 2.22. The van der Waals surface area contributed by atoms with Crippen molar-refractivity contribution in [1.82, 2.24) is 10.3 Å². The van der Waals surface area contributed by atoms with Gasteiger partial charge in [-0.2, -0.15) is 0 Å². The largest absolute Gasteiger partial charge is 0.352 e. The molecule has 0 radical (unpaired) electrons. The second kappa shape index (κ2) is 6.81. The molecule has 0 bridgehead atoms. The predicted octanol–water partition coefficient (Wildman–Crippen LogP) is 2.47. The van der Waals surface area contributed by atoms with Gasteiger partial charge >= 0.3 is 0 Å². The summed E-state index contributed by atoms with van der Waals surface area (Å²) < 4.78 is 1.18. The van der Waals surface area contributed by atoms with E-state index in [4.69, 9.17) is 5.73 Å². The third-order valence-corrected chi connectivity index (χ3v) is 4.20. The molecule has 2 rings (SSSR count). The first-order chi connectivity index (χ1) is 9.60. The first-order valence-corrected chi connectivity index (χ1v) is 7.82. The Labute approximate surface area is 123 Å². The number of carbonyl (C=O) groups excluding carboxylic acids is 1. The van der Waals surface area contributed by atoms with E-state index in [0.717, 1.165) is 29.8 Å². The molecule has 0 saturated carbocycles. The molecule has 2 unspecified atom stereocenters. The average molecular weight is 291 g/mol. The second-order valence-corrected chi connectivity index (χ2v) is 6.20. The number of carbonyl (C=O) groups is 1. The molecule has 0 aliphatic heterocycles. The van der Waals surface area contributed by atoms with Crippen molar-refractivity contribution >= 4 is 27.5 Å². The van der Waals surface area contributed by atoms with Crippen LogP contribution in [0.4, 0.5) is 0 Å². The molecule has 4 nitrogen and oxygen atoms in total. The number of hydrogen-bond acceptors (Lipinski definition) is 4. The minimum Gasteiger partial charge on any atom is -0.352 e. The third kappa shape index (κ3) is 3.77. The number of para-hydroxylation sites is 1. The zero-order valence-corrected chi connectivity index (χ0v) is 12.7. The molecule has 1 aromatic heterocycles. The summed E-state index contributed by atoms with van der Waals surface area (Å²) in [5.41, 5.74) is 6.83. The van der Waals surface area contributed by atoms with Crippen LogP contribution in [0.3, 0.4) is 0 Å². The number of rotatable bonds is 6. The molecule has 0 aliphatic carbocycles. The molecular weight excluding hydrogens is 270 g/mol. The summed E-state index contributed by atoms with van der Waals surface area (Å²) in [5, 5.41) is 4.00. The van der Waals surface area contributed by atoms with Crippen LogP contribution in [0.15, 0.2) is 24.3 Å². The Kier molecular flexibility index (Phi) is 5.09. The lowest BCUT2D eigenvalue weighted by Crippen LogP contribution is -2.45. The maximum absolute atomic E-state index is 11.9.